The molecule has 0 radical (unpaired) electrons. The highest BCUT2D eigenvalue weighted by Crippen LogP contribution is 2.24. The van der Waals surface area contributed by atoms with Crippen molar-refractivity contribution in [2.45, 2.75) is 19.6 Å². The van der Waals surface area contributed by atoms with Gasteiger partial charge in [0.15, 0.2) is 6.61 Å². The molecule has 0 fully saturated rings. The van der Waals surface area contributed by atoms with Gasteiger partial charge >= 0.3 is 5.97 Å². The molecule has 5 nitrogen and oxygen atoms in total. The van der Waals surface area contributed by atoms with Crippen LogP contribution in [-0.4, -0.2) is 29.9 Å². The first-order valence-corrected chi connectivity index (χ1v) is 10.8. The van der Waals surface area contributed by atoms with E-state index in [-0.39, 0.29) is 24.7 Å². The van der Waals surface area contributed by atoms with E-state index < -0.39 is 5.97 Å². The Kier molecular flexibility index (Phi) is 6.35. The monoisotopic (exact) mass is 441 g/mol. The number of esters is 1. The maximum atomic E-state index is 12.6. The Balaban J connectivity index is 1.34. The van der Waals surface area contributed by atoms with Gasteiger partial charge in [-0.25, -0.2) is 4.79 Å². The summed E-state index contributed by atoms with van der Waals surface area (Å²) in [6, 6.07) is 16.2. The molecular formula is C23H20ClNO4S. The van der Waals surface area contributed by atoms with Gasteiger partial charge in [-0.2, -0.15) is 0 Å². The molecule has 0 bridgehead atoms. The van der Waals surface area contributed by atoms with Crippen molar-refractivity contribution in [3.05, 3.63) is 86.6 Å². The molecule has 0 saturated heterocycles. The van der Waals surface area contributed by atoms with Gasteiger partial charge in [0.25, 0.3) is 5.91 Å². The summed E-state index contributed by atoms with van der Waals surface area (Å²) in [6.45, 7) is 1.21. The third-order valence-corrected chi connectivity index (χ3v) is 6.18. The highest BCUT2D eigenvalue weighted by Gasteiger charge is 2.23. The Morgan fingerprint density at radius 3 is 2.70 bits per heavy atom. The Morgan fingerprint density at radius 1 is 1.07 bits per heavy atom. The van der Waals surface area contributed by atoms with E-state index in [1.165, 1.54) is 10.4 Å². The molecule has 0 saturated carbocycles. The third-order valence-electron chi connectivity index (χ3n) is 4.90. The van der Waals surface area contributed by atoms with E-state index in [1.807, 2.05) is 23.6 Å². The molecular weight excluding hydrogens is 422 g/mol. The van der Waals surface area contributed by atoms with Gasteiger partial charge in [0, 0.05) is 23.0 Å². The van der Waals surface area contributed by atoms with Gasteiger partial charge in [-0.05, 0) is 53.3 Å². The molecule has 0 aliphatic carbocycles. The molecule has 0 N–H and O–H groups in total. The van der Waals surface area contributed by atoms with Crippen LogP contribution in [0.5, 0.6) is 5.75 Å². The van der Waals surface area contributed by atoms with Gasteiger partial charge in [0.2, 0.25) is 0 Å². The number of ether oxygens (including phenoxy) is 2. The second-order valence-electron chi connectivity index (χ2n) is 6.92. The van der Waals surface area contributed by atoms with E-state index >= 15 is 0 Å². The van der Waals surface area contributed by atoms with Crippen LogP contribution in [0.25, 0.3) is 0 Å². The lowest BCUT2D eigenvalue weighted by Gasteiger charge is -2.26. The van der Waals surface area contributed by atoms with Crippen LogP contribution in [0.15, 0.2) is 60.0 Å². The average Bonchev–Trinajstić information content (AvgIpc) is 3.25. The summed E-state index contributed by atoms with van der Waals surface area (Å²) in [5.74, 6) is -0.367. The third kappa shape index (κ3) is 4.83. The zero-order chi connectivity index (χ0) is 20.9. The number of hydrogen-bond acceptors (Lipinski definition) is 5. The van der Waals surface area contributed by atoms with E-state index in [0.717, 1.165) is 12.0 Å². The van der Waals surface area contributed by atoms with Crippen LogP contribution >= 0.6 is 22.9 Å². The lowest BCUT2D eigenvalue weighted by atomic mass is 10.1. The topological polar surface area (TPSA) is 55.8 Å². The Hall–Kier alpha value is -2.83. The molecule has 154 valence electrons. The molecule has 1 aromatic heterocycles. The fourth-order valence-electron chi connectivity index (χ4n) is 3.26. The summed E-state index contributed by atoms with van der Waals surface area (Å²) in [6.07, 6.45) is 0.841. The zero-order valence-electron chi connectivity index (χ0n) is 16.2. The summed E-state index contributed by atoms with van der Waals surface area (Å²) in [7, 11) is 0. The normalized spacial score (nSPS) is 12.9. The molecule has 0 unspecified atom stereocenters. The first kappa shape index (κ1) is 20.4. The standard InChI is InChI=1S/C23H20ClNO4S/c24-18-7-5-16(6-8-18)14-28-20-4-2-1-3-19(20)23(27)29-15-22(26)25-11-9-21-17(13-25)10-12-30-21/h1-8,10,12H,9,11,13-15H2. The number of benzene rings is 2. The first-order chi connectivity index (χ1) is 14.6. The van der Waals surface area contributed by atoms with Crippen molar-refractivity contribution in [1.82, 2.24) is 4.90 Å². The van der Waals surface area contributed by atoms with Crippen molar-refractivity contribution < 1.29 is 19.1 Å². The summed E-state index contributed by atoms with van der Waals surface area (Å²) >= 11 is 7.61. The van der Waals surface area contributed by atoms with Crippen LogP contribution in [0.3, 0.4) is 0 Å². The maximum Gasteiger partial charge on any atom is 0.342 e. The quantitative estimate of drug-likeness (QED) is 0.519. The van der Waals surface area contributed by atoms with Crippen molar-refractivity contribution >= 4 is 34.8 Å². The minimum atomic E-state index is -0.580. The van der Waals surface area contributed by atoms with Crippen LogP contribution in [-0.2, 0) is 29.1 Å². The molecule has 0 atom stereocenters. The van der Waals surface area contributed by atoms with E-state index in [0.29, 0.717) is 23.9 Å². The van der Waals surface area contributed by atoms with Gasteiger partial charge in [0.05, 0.1) is 0 Å². The second-order valence-corrected chi connectivity index (χ2v) is 8.36. The van der Waals surface area contributed by atoms with Crippen LogP contribution in [0.4, 0.5) is 0 Å². The number of nitrogens with zero attached hydrogens (tertiary/aromatic N) is 1. The predicted octanol–water partition coefficient (Wildman–Crippen LogP) is 4.72. The minimum absolute atomic E-state index is 0.195. The largest absolute Gasteiger partial charge is 0.488 e. The number of thiophene rings is 1. The maximum absolute atomic E-state index is 12.6. The summed E-state index contributed by atoms with van der Waals surface area (Å²) in [5.41, 5.74) is 2.39. The number of amides is 1. The molecule has 3 aromatic rings. The van der Waals surface area contributed by atoms with Crippen LogP contribution in [0.2, 0.25) is 5.02 Å². The number of halogens is 1. The van der Waals surface area contributed by atoms with E-state index in [1.54, 1.807) is 52.6 Å². The number of hydrogen-bond donors (Lipinski definition) is 0. The smallest absolute Gasteiger partial charge is 0.342 e. The van der Waals surface area contributed by atoms with Crippen LogP contribution < -0.4 is 4.74 Å². The molecule has 4 rings (SSSR count). The highest BCUT2D eigenvalue weighted by atomic mass is 35.5. The van der Waals surface area contributed by atoms with Crippen molar-refractivity contribution in [2.75, 3.05) is 13.2 Å². The fourth-order valence-corrected chi connectivity index (χ4v) is 4.28. The number of carbonyl (C=O) groups is 2. The van der Waals surface area contributed by atoms with Gasteiger partial charge in [0.1, 0.15) is 17.9 Å². The second kappa shape index (κ2) is 9.32. The molecule has 2 heterocycles. The molecule has 1 amide bonds. The molecule has 7 heteroatoms. The predicted molar refractivity (Wildman–Crippen MR) is 116 cm³/mol. The van der Waals surface area contributed by atoms with Crippen LogP contribution in [0, 0.1) is 0 Å². The number of rotatable bonds is 6. The zero-order valence-corrected chi connectivity index (χ0v) is 17.7. The Labute approximate surface area is 183 Å². The summed E-state index contributed by atoms with van der Waals surface area (Å²) in [5, 5.41) is 2.69. The highest BCUT2D eigenvalue weighted by molar-refractivity contribution is 7.10. The molecule has 1 aliphatic rings. The molecule has 0 spiro atoms. The molecule has 2 aromatic carbocycles. The van der Waals surface area contributed by atoms with E-state index in [4.69, 9.17) is 21.1 Å². The SMILES string of the molecule is O=C(OCC(=O)N1CCc2sccc2C1)c1ccccc1OCc1ccc(Cl)cc1. The van der Waals surface area contributed by atoms with Gasteiger partial charge in [-0.3, -0.25) is 4.79 Å². The van der Waals surface area contributed by atoms with E-state index in [2.05, 4.69) is 0 Å². The minimum Gasteiger partial charge on any atom is -0.488 e. The van der Waals surface area contributed by atoms with Crippen molar-refractivity contribution in [3.8, 4) is 5.75 Å². The fraction of sp³-hybridized carbons (Fsp3) is 0.217. The Morgan fingerprint density at radius 2 is 1.87 bits per heavy atom. The van der Waals surface area contributed by atoms with Gasteiger partial charge < -0.3 is 14.4 Å². The van der Waals surface area contributed by atoms with Crippen molar-refractivity contribution in [1.29, 1.82) is 0 Å². The lowest BCUT2D eigenvalue weighted by Crippen LogP contribution is -2.38. The van der Waals surface area contributed by atoms with Gasteiger partial charge in [-0.1, -0.05) is 35.9 Å². The van der Waals surface area contributed by atoms with Gasteiger partial charge in [-0.15, -0.1) is 11.3 Å². The lowest BCUT2D eigenvalue weighted by molar-refractivity contribution is -0.135. The molecule has 1 aliphatic heterocycles. The molecule has 30 heavy (non-hydrogen) atoms. The number of para-hydroxylation sites is 1. The Bertz CT molecular complexity index is 1050. The van der Waals surface area contributed by atoms with Crippen molar-refractivity contribution in [2.24, 2.45) is 0 Å². The number of fused-ring (bicyclic) bond motifs is 1. The van der Waals surface area contributed by atoms with E-state index in [9.17, 15) is 9.59 Å². The average molecular weight is 442 g/mol. The van der Waals surface area contributed by atoms with Crippen LogP contribution in [0.1, 0.15) is 26.4 Å². The summed E-state index contributed by atoms with van der Waals surface area (Å²) < 4.78 is 11.1. The first-order valence-electron chi connectivity index (χ1n) is 9.56. The van der Waals surface area contributed by atoms with Crippen molar-refractivity contribution in [3.63, 3.8) is 0 Å². The summed E-state index contributed by atoms with van der Waals surface area (Å²) in [4.78, 5) is 28.1. The number of carbonyl (C=O) groups excluding carboxylic acids is 2.